The van der Waals surface area contributed by atoms with Gasteiger partial charge < -0.3 is 4.42 Å². The molecular weight excluding hydrogens is 391 g/mol. The molecule has 0 saturated heterocycles. The molecule has 4 aromatic rings. The molecule has 0 atom stereocenters. The van der Waals surface area contributed by atoms with Crippen LogP contribution in [0.3, 0.4) is 0 Å². The van der Waals surface area contributed by atoms with Gasteiger partial charge in [-0.15, -0.1) is 0 Å². The van der Waals surface area contributed by atoms with Gasteiger partial charge in [0.1, 0.15) is 0 Å². The van der Waals surface area contributed by atoms with Crippen LogP contribution < -0.4 is 5.63 Å². The van der Waals surface area contributed by atoms with E-state index in [2.05, 4.69) is 4.98 Å². The molecule has 0 fully saturated rings. The third-order valence-electron chi connectivity index (χ3n) is 5.31. The van der Waals surface area contributed by atoms with Gasteiger partial charge in [-0.25, -0.2) is 9.78 Å². The summed E-state index contributed by atoms with van der Waals surface area (Å²) in [5, 5.41) is 0.227. The first-order valence-corrected chi connectivity index (χ1v) is 9.35. The number of alkyl halides is 3. The molecule has 3 nitrogen and oxygen atoms in total. The molecule has 1 heterocycles. The second-order valence-electron chi connectivity index (χ2n) is 7.57. The Balaban J connectivity index is 1.85. The first-order chi connectivity index (χ1) is 14.2. The Labute approximate surface area is 170 Å². The first-order valence-electron chi connectivity index (χ1n) is 9.35. The number of aromatic nitrogens is 1. The third-order valence-corrected chi connectivity index (χ3v) is 5.31. The Morgan fingerprint density at radius 1 is 0.833 bits per heavy atom. The van der Waals surface area contributed by atoms with Crippen molar-refractivity contribution in [1.82, 2.24) is 4.98 Å². The van der Waals surface area contributed by atoms with Gasteiger partial charge in [-0.2, -0.15) is 13.2 Å². The van der Waals surface area contributed by atoms with E-state index >= 15 is 0 Å². The van der Waals surface area contributed by atoms with Crippen molar-refractivity contribution in [3.8, 4) is 11.5 Å². The van der Waals surface area contributed by atoms with E-state index in [0.717, 1.165) is 17.2 Å². The molecule has 0 aliphatic heterocycles. The second-order valence-corrected chi connectivity index (χ2v) is 7.57. The van der Waals surface area contributed by atoms with Crippen LogP contribution in [0.4, 0.5) is 13.2 Å². The van der Waals surface area contributed by atoms with Crippen LogP contribution in [0, 0.1) is 0 Å². The van der Waals surface area contributed by atoms with Crippen LogP contribution in [-0.2, 0) is 11.6 Å². The van der Waals surface area contributed by atoms with Crippen molar-refractivity contribution < 1.29 is 17.6 Å². The Morgan fingerprint density at radius 3 is 2.20 bits per heavy atom. The standard InChI is InChI=1S/C24H18F3NO2/c1-23(2,15-8-4-3-5-9-15)16-12-13-20-18(14-16)22(29)30-21(28-20)17-10-6-7-11-19(17)24(25,26)27/h3-14H,1-2H3. The quantitative estimate of drug-likeness (QED) is 0.405. The van der Waals surface area contributed by atoms with Crippen molar-refractivity contribution in [2.24, 2.45) is 0 Å². The third kappa shape index (κ3) is 3.49. The minimum atomic E-state index is -4.59. The number of benzene rings is 3. The Morgan fingerprint density at radius 2 is 1.50 bits per heavy atom. The van der Waals surface area contributed by atoms with Crippen molar-refractivity contribution >= 4 is 10.9 Å². The molecule has 0 bridgehead atoms. The summed E-state index contributed by atoms with van der Waals surface area (Å²) in [5.74, 6) is -0.351. The van der Waals surface area contributed by atoms with Crippen molar-refractivity contribution in [3.63, 3.8) is 0 Å². The van der Waals surface area contributed by atoms with Gasteiger partial charge in [-0.3, -0.25) is 0 Å². The molecule has 3 aromatic carbocycles. The molecule has 4 rings (SSSR count). The second kappa shape index (κ2) is 7.13. The summed E-state index contributed by atoms with van der Waals surface area (Å²) < 4.78 is 45.3. The van der Waals surface area contributed by atoms with E-state index in [1.54, 1.807) is 12.1 Å². The largest absolute Gasteiger partial charge is 0.417 e. The van der Waals surface area contributed by atoms with E-state index in [-0.39, 0.29) is 27.8 Å². The highest BCUT2D eigenvalue weighted by Gasteiger charge is 2.34. The average Bonchev–Trinajstić information content (AvgIpc) is 2.73. The average molecular weight is 409 g/mol. The lowest BCUT2D eigenvalue weighted by molar-refractivity contribution is -0.137. The smallest absolute Gasteiger partial charge is 0.403 e. The monoisotopic (exact) mass is 409 g/mol. The number of hydrogen-bond acceptors (Lipinski definition) is 3. The van der Waals surface area contributed by atoms with Crippen molar-refractivity contribution in [2.45, 2.75) is 25.4 Å². The van der Waals surface area contributed by atoms with Gasteiger partial charge in [0.2, 0.25) is 5.89 Å². The summed E-state index contributed by atoms with van der Waals surface area (Å²) in [6.45, 7) is 4.07. The number of rotatable bonds is 3. The van der Waals surface area contributed by atoms with E-state index in [1.165, 1.54) is 18.2 Å². The molecule has 1 aromatic heterocycles. The van der Waals surface area contributed by atoms with Crippen molar-refractivity contribution in [2.75, 3.05) is 0 Å². The van der Waals surface area contributed by atoms with Crippen LogP contribution in [0.1, 0.15) is 30.5 Å². The van der Waals surface area contributed by atoms with Gasteiger partial charge >= 0.3 is 11.8 Å². The summed E-state index contributed by atoms with van der Waals surface area (Å²) >= 11 is 0. The maximum atomic E-state index is 13.3. The van der Waals surface area contributed by atoms with Crippen LogP contribution in [0.2, 0.25) is 0 Å². The highest BCUT2D eigenvalue weighted by atomic mass is 19.4. The molecular formula is C24H18F3NO2. The first kappa shape index (κ1) is 19.9. The Hall–Kier alpha value is -3.41. The van der Waals surface area contributed by atoms with Crippen LogP contribution in [0.5, 0.6) is 0 Å². The summed E-state index contributed by atoms with van der Waals surface area (Å²) in [4.78, 5) is 16.9. The molecule has 0 amide bonds. The lowest BCUT2D eigenvalue weighted by Gasteiger charge is -2.26. The summed E-state index contributed by atoms with van der Waals surface area (Å²) in [6.07, 6.45) is -4.59. The molecule has 0 aliphatic rings. The van der Waals surface area contributed by atoms with Gasteiger partial charge in [0, 0.05) is 11.0 Å². The molecule has 6 heteroatoms. The number of nitrogens with zero attached hydrogens (tertiary/aromatic N) is 1. The zero-order valence-corrected chi connectivity index (χ0v) is 16.3. The molecule has 0 radical (unpaired) electrons. The topological polar surface area (TPSA) is 43.1 Å². The van der Waals surface area contributed by atoms with E-state index in [0.29, 0.717) is 0 Å². The SMILES string of the molecule is CC(C)(c1ccccc1)c1ccc2nc(-c3ccccc3C(F)(F)F)oc(=O)c2c1. The van der Waals surface area contributed by atoms with Gasteiger partial charge in [0.25, 0.3) is 0 Å². The number of halogens is 3. The normalized spacial score (nSPS) is 12.3. The highest BCUT2D eigenvalue weighted by molar-refractivity contribution is 5.80. The van der Waals surface area contributed by atoms with Crippen LogP contribution in [0.25, 0.3) is 22.4 Å². The van der Waals surface area contributed by atoms with Crippen molar-refractivity contribution in [1.29, 1.82) is 0 Å². The molecule has 0 N–H and O–H groups in total. The summed E-state index contributed by atoms with van der Waals surface area (Å²) in [5.41, 5.74) is -0.0529. The van der Waals surface area contributed by atoms with Crippen LogP contribution in [0.15, 0.2) is 82.0 Å². The number of fused-ring (bicyclic) bond motifs is 1. The zero-order chi connectivity index (χ0) is 21.5. The predicted molar refractivity (Wildman–Crippen MR) is 109 cm³/mol. The van der Waals surface area contributed by atoms with E-state index in [4.69, 9.17) is 4.42 Å². The lowest BCUT2D eigenvalue weighted by atomic mass is 9.78. The number of hydrogen-bond donors (Lipinski definition) is 0. The van der Waals surface area contributed by atoms with E-state index < -0.39 is 17.4 Å². The Kier molecular flexibility index (Phi) is 4.73. The maximum Gasteiger partial charge on any atom is 0.417 e. The van der Waals surface area contributed by atoms with Gasteiger partial charge in [0.15, 0.2) is 0 Å². The fourth-order valence-electron chi connectivity index (χ4n) is 3.51. The minimum absolute atomic E-state index is 0.227. The fourth-order valence-corrected chi connectivity index (χ4v) is 3.51. The minimum Gasteiger partial charge on any atom is -0.403 e. The summed E-state index contributed by atoms with van der Waals surface area (Å²) in [7, 11) is 0. The highest BCUT2D eigenvalue weighted by Crippen LogP contribution is 2.37. The molecule has 0 aliphatic carbocycles. The van der Waals surface area contributed by atoms with Gasteiger partial charge in [0.05, 0.1) is 16.5 Å². The molecule has 0 saturated carbocycles. The lowest BCUT2D eigenvalue weighted by Crippen LogP contribution is -2.19. The van der Waals surface area contributed by atoms with Crippen LogP contribution in [-0.4, -0.2) is 4.98 Å². The van der Waals surface area contributed by atoms with E-state index in [9.17, 15) is 18.0 Å². The molecule has 0 spiro atoms. The molecule has 152 valence electrons. The molecule has 30 heavy (non-hydrogen) atoms. The van der Waals surface area contributed by atoms with Crippen molar-refractivity contribution in [3.05, 3.63) is 99.9 Å². The summed E-state index contributed by atoms with van der Waals surface area (Å²) in [6, 6.07) is 19.9. The molecule has 0 unspecified atom stereocenters. The van der Waals surface area contributed by atoms with Gasteiger partial charge in [-0.1, -0.05) is 62.4 Å². The van der Waals surface area contributed by atoms with Gasteiger partial charge in [-0.05, 0) is 35.4 Å². The predicted octanol–water partition coefficient (Wildman–Crippen LogP) is 6.20. The van der Waals surface area contributed by atoms with Crippen LogP contribution >= 0.6 is 0 Å². The maximum absolute atomic E-state index is 13.3. The zero-order valence-electron chi connectivity index (χ0n) is 16.3. The fraction of sp³-hybridized carbons (Fsp3) is 0.167. The Bertz CT molecular complexity index is 1280. The van der Waals surface area contributed by atoms with E-state index in [1.807, 2.05) is 50.2 Å².